The van der Waals surface area contributed by atoms with Crippen LogP contribution in [0.15, 0.2) is 72.9 Å². The van der Waals surface area contributed by atoms with Gasteiger partial charge in [0, 0.05) is 50.2 Å². The number of benzene rings is 2. The maximum absolute atomic E-state index is 11.8. The third-order valence-corrected chi connectivity index (χ3v) is 5.45. The van der Waals surface area contributed by atoms with Gasteiger partial charge in [-0.05, 0) is 42.8 Å². The molecule has 2 heterocycles. The summed E-state index contributed by atoms with van der Waals surface area (Å²) in [5.41, 5.74) is 5.23. The number of rotatable bonds is 6. The molecule has 0 aliphatic carbocycles. The van der Waals surface area contributed by atoms with Crippen LogP contribution in [0, 0.1) is 0 Å². The topological polar surface area (TPSA) is 45.7 Å². The van der Waals surface area contributed by atoms with Crippen LogP contribution in [0.4, 0.5) is 5.69 Å². The quantitative estimate of drug-likeness (QED) is 0.578. The van der Waals surface area contributed by atoms with Crippen molar-refractivity contribution in [3.05, 3.63) is 84.1 Å². The number of hydrogen-bond donors (Lipinski definition) is 0. The van der Waals surface area contributed by atoms with Gasteiger partial charge in [0.15, 0.2) is 0 Å². The Morgan fingerprint density at radius 1 is 0.933 bits per heavy atom. The summed E-state index contributed by atoms with van der Waals surface area (Å²) in [6.45, 7) is 7.00. The van der Waals surface area contributed by atoms with Gasteiger partial charge >= 0.3 is 5.97 Å². The maximum Gasteiger partial charge on any atom is 0.338 e. The van der Waals surface area contributed by atoms with Crippen LogP contribution < -0.4 is 4.90 Å². The van der Waals surface area contributed by atoms with Gasteiger partial charge in [-0.2, -0.15) is 0 Å². The Morgan fingerprint density at radius 3 is 2.37 bits per heavy atom. The summed E-state index contributed by atoms with van der Waals surface area (Å²) < 4.78 is 5.06. The monoisotopic (exact) mass is 401 g/mol. The van der Waals surface area contributed by atoms with Gasteiger partial charge in [-0.15, -0.1) is 0 Å². The van der Waals surface area contributed by atoms with Gasteiger partial charge < -0.3 is 9.64 Å². The number of piperazine rings is 1. The van der Waals surface area contributed by atoms with Crippen molar-refractivity contribution >= 4 is 11.7 Å². The molecule has 4 rings (SSSR count). The summed E-state index contributed by atoms with van der Waals surface area (Å²) in [6, 6.07) is 22.3. The average Bonchev–Trinajstić information content (AvgIpc) is 2.81. The van der Waals surface area contributed by atoms with Crippen molar-refractivity contribution in [3.8, 4) is 11.3 Å². The zero-order valence-electron chi connectivity index (χ0n) is 17.3. The highest BCUT2D eigenvalue weighted by molar-refractivity contribution is 5.89. The van der Waals surface area contributed by atoms with E-state index < -0.39 is 0 Å². The Bertz CT molecular complexity index is 965. The van der Waals surface area contributed by atoms with E-state index in [2.05, 4.69) is 45.1 Å². The lowest BCUT2D eigenvalue weighted by molar-refractivity contribution is 0.0526. The van der Waals surface area contributed by atoms with Crippen LogP contribution in [0.25, 0.3) is 11.3 Å². The molecule has 3 aromatic rings. The van der Waals surface area contributed by atoms with Crippen molar-refractivity contribution in [2.45, 2.75) is 13.5 Å². The lowest BCUT2D eigenvalue weighted by Crippen LogP contribution is -2.46. The van der Waals surface area contributed by atoms with Gasteiger partial charge in [0.1, 0.15) is 0 Å². The number of aromatic nitrogens is 1. The summed E-state index contributed by atoms with van der Waals surface area (Å²) >= 11 is 0. The fourth-order valence-electron chi connectivity index (χ4n) is 3.85. The van der Waals surface area contributed by atoms with Crippen LogP contribution in [-0.2, 0) is 11.3 Å². The van der Waals surface area contributed by atoms with E-state index in [-0.39, 0.29) is 5.97 Å². The molecule has 5 heteroatoms. The van der Waals surface area contributed by atoms with Crippen molar-refractivity contribution in [2.24, 2.45) is 0 Å². The highest BCUT2D eigenvalue weighted by Gasteiger charge is 2.19. The van der Waals surface area contributed by atoms with Gasteiger partial charge in [-0.25, -0.2) is 4.79 Å². The van der Waals surface area contributed by atoms with E-state index in [1.165, 1.54) is 5.56 Å². The zero-order chi connectivity index (χ0) is 20.8. The maximum atomic E-state index is 11.8. The fourth-order valence-corrected chi connectivity index (χ4v) is 3.85. The number of ether oxygens (including phenoxy) is 1. The Hall–Kier alpha value is -3.18. The average molecular weight is 402 g/mol. The van der Waals surface area contributed by atoms with Gasteiger partial charge in [-0.3, -0.25) is 9.88 Å². The Morgan fingerprint density at radius 2 is 1.67 bits per heavy atom. The summed E-state index contributed by atoms with van der Waals surface area (Å²) in [7, 11) is 0. The number of carbonyl (C=O) groups excluding carboxylic acids is 1. The SMILES string of the molecule is CCOC(=O)c1ccc(N2CCN(Cc3cccnc3-c3ccccc3)CC2)cc1. The summed E-state index contributed by atoms with van der Waals surface area (Å²) in [5, 5.41) is 0. The predicted molar refractivity (Wildman–Crippen MR) is 120 cm³/mol. The predicted octanol–water partition coefficient (Wildman–Crippen LogP) is 4.25. The lowest BCUT2D eigenvalue weighted by Gasteiger charge is -2.36. The summed E-state index contributed by atoms with van der Waals surface area (Å²) in [6.07, 6.45) is 1.86. The molecule has 0 amide bonds. The number of hydrogen-bond acceptors (Lipinski definition) is 5. The largest absolute Gasteiger partial charge is 0.462 e. The van der Waals surface area contributed by atoms with E-state index in [0.29, 0.717) is 12.2 Å². The first-order valence-electron chi connectivity index (χ1n) is 10.5. The van der Waals surface area contributed by atoms with E-state index in [9.17, 15) is 4.79 Å². The molecule has 1 aromatic heterocycles. The van der Waals surface area contributed by atoms with Crippen LogP contribution in [-0.4, -0.2) is 48.6 Å². The number of anilines is 1. The minimum atomic E-state index is -0.264. The van der Waals surface area contributed by atoms with Gasteiger partial charge in [-0.1, -0.05) is 36.4 Å². The van der Waals surface area contributed by atoms with Crippen LogP contribution in [0.2, 0.25) is 0 Å². The molecule has 0 N–H and O–H groups in total. The molecule has 5 nitrogen and oxygen atoms in total. The first-order valence-corrected chi connectivity index (χ1v) is 10.5. The second kappa shape index (κ2) is 9.55. The normalized spacial score (nSPS) is 14.5. The summed E-state index contributed by atoms with van der Waals surface area (Å²) in [4.78, 5) is 21.3. The van der Waals surface area contributed by atoms with Crippen LogP contribution in [0.5, 0.6) is 0 Å². The second-order valence-corrected chi connectivity index (χ2v) is 7.41. The molecule has 0 bridgehead atoms. The van der Waals surface area contributed by atoms with Crippen LogP contribution in [0.3, 0.4) is 0 Å². The zero-order valence-corrected chi connectivity index (χ0v) is 17.3. The molecule has 154 valence electrons. The van der Waals surface area contributed by atoms with E-state index in [1.54, 1.807) is 0 Å². The lowest BCUT2D eigenvalue weighted by atomic mass is 10.1. The molecule has 0 atom stereocenters. The van der Waals surface area contributed by atoms with Crippen LogP contribution >= 0.6 is 0 Å². The van der Waals surface area contributed by atoms with E-state index in [4.69, 9.17) is 4.74 Å². The molecule has 1 aliphatic rings. The molecule has 0 radical (unpaired) electrons. The Kier molecular flexibility index (Phi) is 6.40. The molecule has 2 aromatic carbocycles. The first kappa shape index (κ1) is 20.1. The summed E-state index contributed by atoms with van der Waals surface area (Å²) in [5.74, 6) is -0.264. The highest BCUT2D eigenvalue weighted by Crippen LogP contribution is 2.23. The van der Waals surface area contributed by atoms with Crippen LogP contribution in [0.1, 0.15) is 22.8 Å². The van der Waals surface area contributed by atoms with Crippen molar-refractivity contribution < 1.29 is 9.53 Å². The molecular formula is C25H27N3O2. The van der Waals surface area contributed by atoms with Crippen molar-refractivity contribution in [1.82, 2.24) is 9.88 Å². The van der Waals surface area contributed by atoms with E-state index in [1.807, 2.05) is 49.5 Å². The van der Waals surface area contributed by atoms with Crippen molar-refractivity contribution in [1.29, 1.82) is 0 Å². The van der Waals surface area contributed by atoms with Crippen molar-refractivity contribution in [2.75, 3.05) is 37.7 Å². The third kappa shape index (κ3) is 4.69. The first-order chi connectivity index (χ1) is 14.7. The number of pyridine rings is 1. The Labute approximate surface area is 177 Å². The standard InChI is InChI=1S/C25H27N3O2/c1-2-30-25(29)21-10-12-23(13-11-21)28-17-15-27(16-18-28)19-22-9-6-14-26-24(22)20-7-4-3-5-8-20/h3-14H,2,15-19H2,1H3. The molecule has 1 fully saturated rings. The highest BCUT2D eigenvalue weighted by atomic mass is 16.5. The molecule has 0 saturated carbocycles. The number of nitrogens with zero attached hydrogens (tertiary/aromatic N) is 3. The Balaban J connectivity index is 1.37. The molecule has 30 heavy (non-hydrogen) atoms. The minimum Gasteiger partial charge on any atom is -0.462 e. The fraction of sp³-hybridized carbons (Fsp3) is 0.280. The minimum absolute atomic E-state index is 0.264. The van der Waals surface area contributed by atoms with Gasteiger partial charge in [0.25, 0.3) is 0 Å². The number of esters is 1. The number of carbonyl (C=O) groups is 1. The third-order valence-electron chi connectivity index (χ3n) is 5.45. The van der Waals surface area contributed by atoms with Crippen molar-refractivity contribution in [3.63, 3.8) is 0 Å². The smallest absolute Gasteiger partial charge is 0.338 e. The molecule has 0 spiro atoms. The van der Waals surface area contributed by atoms with Gasteiger partial charge in [0.2, 0.25) is 0 Å². The van der Waals surface area contributed by atoms with E-state index in [0.717, 1.165) is 49.7 Å². The molecule has 1 saturated heterocycles. The van der Waals surface area contributed by atoms with Gasteiger partial charge in [0.05, 0.1) is 17.9 Å². The van der Waals surface area contributed by atoms with E-state index >= 15 is 0 Å². The second-order valence-electron chi connectivity index (χ2n) is 7.41. The molecule has 1 aliphatic heterocycles. The molecular weight excluding hydrogens is 374 g/mol. The molecule has 0 unspecified atom stereocenters.